The number of hydrogen-bond acceptors (Lipinski definition) is 4. The molecule has 8 saturated carbocycles. The molecule has 0 spiro atoms. The van der Waals surface area contributed by atoms with Crippen molar-refractivity contribution in [2.24, 2.45) is 70.5 Å². The Labute approximate surface area is 205 Å². The van der Waals surface area contributed by atoms with Crippen LogP contribution in [0.2, 0.25) is 0 Å². The first-order valence-corrected chi connectivity index (χ1v) is 14.6. The van der Waals surface area contributed by atoms with Gasteiger partial charge in [0, 0.05) is 0 Å². The highest BCUT2D eigenvalue weighted by Gasteiger charge is 2.67. The Morgan fingerprint density at radius 2 is 1.41 bits per heavy atom. The van der Waals surface area contributed by atoms with Crippen LogP contribution in [0, 0.1) is 70.5 Å². The Morgan fingerprint density at radius 3 is 2.06 bits per heavy atom. The van der Waals surface area contributed by atoms with Crippen molar-refractivity contribution in [3.8, 4) is 0 Å². The Morgan fingerprint density at radius 1 is 0.824 bits per heavy atom. The Bertz CT molecular complexity index is 862. The molecule has 0 radical (unpaired) electrons. The van der Waals surface area contributed by atoms with Crippen molar-refractivity contribution in [3.05, 3.63) is 0 Å². The lowest BCUT2D eigenvalue weighted by molar-refractivity contribution is -0.209. The Hall–Kier alpha value is -1.06. The monoisotopic (exact) mass is 468 g/mol. The van der Waals surface area contributed by atoms with E-state index in [-0.39, 0.29) is 29.6 Å². The number of carbonyl (C=O) groups excluding carboxylic acids is 2. The molecule has 0 N–H and O–H groups in total. The number of carbonyl (C=O) groups is 2. The predicted octanol–water partition coefficient (Wildman–Crippen LogP) is 6.02. The quantitative estimate of drug-likeness (QED) is 0.366. The molecule has 4 nitrogen and oxygen atoms in total. The smallest absolute Gasteiger partial charge is 0.311 e. The van der Waals surface area contributed by atoms with Gasteiger partial charge in [0.05, 0.1) is 11.3 Å². The minimum atomic E-state index is -0.390. The molecule has 8 rings (SSSR count). The second-order valence-electron chi connectivity index (χ2n) is 14.6. The van der Waals surface area contributed by atoms with Gasteiger partial charge in [-0.1, -0.05) is 6.92 Å². The Balaban J connectivity index is 1.03. The minimum absolute atomic E-state index is 0.0161. The summed E-state index contributed by atoms with van der Waals surface area (Å²) in [5.41, 5.74) is -0.593. The Kier molecular flexibility index (Phi) is 4.73. The normalized spacial score (nSPS) is 53.9. The molecule has 34 heavy (non-hydrogen) atoms. The van der Waals surface area contributed by atoms with Crippen LogP contribution in [0.3, 0.4) is 0 Å². The molecule has 8 unspecified atom stereocenters. The molecule has 4 heteroatoms. The first-order chi connectivity index (χ1) is 16.2. The highest BCUT2D eigenvalue weighted by molar-refractivity contribution is 5.76. The van der Waals surface area contributed by atoms with E-state index >= 15 is 0 Å². The molecule has 0 heterocycles. The molecular weight excluding hydrogens is 424 g/mol. The van der Waals surface area contributed by atoms with Crippen LogP contribution in [0.4, 0.5) is 0 Å². The van der Waals surface area contributed by atoms with Gasteiger partial charge in [0.15, 0.2) is 0 Å². The molecule has 8 fully saturated rings. The van der Waals surface area contributed by atoms with Crippen molar-refractivity contribution in [2.75, 3.05) is 0 Å². The SMILES string of the molecule is CCC(C)(C)C(=O)OC1CC2CC1C1C3CC(C(=O)OC4(C)C5CC6CC(C5)CC4C6)C(C3)C21. The summed E-state index contributed by atoms with van der Waals surface area (Å²) in [5, 5.41) is 0. The molecule has 188 valence electrons. The summed E-state index contributed by atoms with van der Waals surface area (Å²) in [7, 11) is 0. The molecule has 0 saturated heterocycles. The third-order valence-electron chi connectivity index (χ3n) is 12.8. The van der Waals surface area contributed by atoms with Crippen LogP contribution in [0.1, 0.15) is 91.9 Å². The molecular formula is C30H44O4. The second-order valence-corrected chi connectivity index (χ2v) is 14.6. The van der Waals surface area contributed by atoms with Crippen LogP contribution in [-0.4, -0.2) is 23.6 Å². The van der Waals surface area contributed by atoms with E-state index in [0.29, 0.717) is 47.3 Å². The van der Waals surface area contributed by atoms with Crippen LogP contribution in [-0.2, 0) is 19.1 Å². The molecule has 0 aromatic heterocycles. The van der Waals surface area contributed by atoms with Crippen molar-refractivity contribution in [2.45, 2.75) is 104 Å². The molecule has 0 aromatic rings. The van der Waals surface area contributed by atoms with Crippen molar-refractivity contribution in [1.82, 2.24) is 0 Å². The molecule has 8 aliphatic carbocycles. The fourth-order valence-electron chi connectivity index (χ4n) is 11.0. The molecule has 0 amide bonds. The average molecular weight is 469 g/mol. The summed E-state index contributed by atoms with van der Waals surface area (Å²) in [5.74, 6) is 6.92. The zero-order valence-corrected chi connectivity index (χ0v) is 21.6. The van der Waals surface area contributed by atoms with Crippen LogP contribution in [0.25, 0.3) is 0 Å². The first kappa shape index (κ1) is 22.2. The van der Waals surface area contributed by atoms with Crippen LogP contribution >= 0.6 is 0 Å². The number of esters is 2. The van der Waals surface area contributed by atoms with E-state index in [4.69, 9.17) is 9.47 Å². The summed E-state index contributed by atoms with van der Waals surface area (Å²) in [6.07, 6.45) is 12.0. The lowest BCUT2D eigenvalue weighted by atomic mass is 9.50. The fraction of sp³-hybridized carbons (Fsp3) is 0.933. The second kappa shape index (κ2) is 7.25. The van der Waals surface area contributed by atoms with Crippen molar-refractivity contribution in [3.63, 3.8) is 0 Å². The highest BCUT2D eigenvalue weighted by atomic mass is 16.6. The molecule has 0 aromatic carbocycles. The number of rotatable bonds is 5. The predicted molar refractivity (Wildman–Crippen MR) is 128 cm³/mol. The number of ether oxygens (including phenoxy) is 2. The third kappa shape index (κ3) is 2.95. The topological polar surface area (TPSA) is 52.6 Å². The van der Waals surface area contributed by atoms with Gasteiger partial charge in [-0.25, -0.2) is 0 Å². The van der Waals surface area contributed by atoms with Crippen molar-refractivity contribution < 1.29 is 19.1 Å². The van der Waals surface area contributed by atoms with Gasteiger partial charge in [-0.15, -0.1) is 0 Å². The summed E-state index contributed by atoms with van der Waals surface area (Å²) in [6, 6.07) is 0. The largest absolute Gasteiger partial charge is 0.462 e. The summed E-state index contributed by atoms with van der Waals surface area (Å²) in [4.78, 5) is 26.5. The van der Waals surface area contributed by atoms with E-state index in [9.17, 15) is 9.59 Å². The lowest BCUT2D eigenvalue weighted by Crippen LogP contribution is -2.58. The minimum Gasteiger partial charge on any atom is -0.462 e. The molecule has 0 aliphatic heterocycles. The highest BCUT2D eigenvalue weighted by Crippen LogP contribution is 2.69. The first-order valence-electron chi connectivity index (χ1n) is 14.6. The maximum absolute atomic E-state index is 13.7. The number of fused-ring (bicyclic) bond motifs is 9. The van der Waals surface area contributed by atoms with Gasteiger partial charge < -0.3 is 9.47 Å². The van der Waals surface area contributed by atoms with Crippen LogP contribution in [0.15, 0.2) is 0 Å². The maximum Gasteiger partial charge on any atom is 0.311 e. The van der Waals surface area contributed by atoms with E-state index in [1.807, 2.05) is 13.8 Å². The van der Waals surface area contributed by atoms with Crippen LogP contribution in [0.5, 0.6) is 0 Å². The van der Waals surface area contributed by atoms with Crippen molar-refractivity contribution >= 4 is 11.9 Å². The molecule has 8 bridgehead atoms. The average Bonchev–Trinajstić information content (AvgIpc) is 3.56. The third-order valence-corrected chi connectivity index (χ3v) is 12.8. The van der Waals surface area contributed by atoms with Gasteiger partial charge in [0.2, 0.25) is 0 Å². The summed E-state index contributed by atoms with van der Waals surface area (Å²) < 4.78 is 12.7. The number of hydrogen-bond donors (Lipinski definition) is 0. The summed E-state index contributed by atoms with van der Waals surface area (Å²) >= 11 is 0. The lowest BCUT2D eigenvalue weighted by Gasteiger charge is -2.59. The fourth-order valence-corrected chi connectivity index (χ4v) is 11.0. The summed E-state index contributed by atoms with van der Waals surface area (Å²) in [6.45, 7) is 8.37. The van der Waals surface area contributed by atoms with Gasteiger partial charge in [-0.3, -0.25) is 9.59 Å². The van der Waals surface area contributed by atoms with E-state index in [1.54, 1.807) is 0 Å². The van der Waals surface area contributed by atoms with Gasteiger partial charge in [-0.05, 0) is 144 Å². The van der Waals surface area contributed by atoms with E-state index in [1.165, 1.54) is 44.9 Å². The van der Waals surface area contributed by atoms with Gasteiger partial charge >= 0.3 is 11.9 Å². The van der Waals surface area contributed by atoms with E-state index < -0.39 is 5.41 Å². The van der Waals surface area contributed by atoms with E-state index in [2.05, 4.69) is 13.8 Å². The van der Waals surface area contributed by atoms with Gasteiger partial charge in [-0.2, -0.15) is 0 Å². The standard InChI is InChI=1S/C30H44O4/c1-5-29(2,3)28(32)33-24-14-18-13-23(24)26-17-11-21(25(18)26)22(12-17)27(31)34-30(4)19-7-15-6-16(9-19)10-20(30)8-15/h15-26H,5-14H2,1-4H3. The van der Waals surface area contributed by atoms with E-state index in [0.717, 1.165) is 31.1 Å². The van der Waals surface area contributed by atoms with Crippen LogP contribution < -0.4 is 0 Å². The zero-order valence-electron chi connectivity index (χ0n) is 21.6. The molecule has 8 atom stereocenters. The van der Waals surface area contributed by atoms with Crippen molar-refractivity contribution in [1.29, 1.82) is 0 Å². The zero-order chi connectivity index (χ0) is 23.6. The van der Waals surface area contributed by atoms with Gasteiger partial charge in [0.25, 0.3) is 0 Å². The van der Waals surface area contributed by atoms with Gasteiger partial charge in [0.1, 0.15) is 11.7 Å². The molecule has 8 aliphatic rings. The maximum atomic E-state index is 13.7.